The van der Waals surface area contributed by atoms with Crippen LogP contribution in [0.2, 0.25) is 0 Å². The van der Waals surface area contributed by atoms with Crippen molar-refractivity contribution in [2.24, 2.45) is 0 Å². The van der Waals surface area contributed by atoms with Crippen molar-refractivity contribution < 1.29 is 9.84 Å². The molecule has 4 rings (SSSR count). The van der Waals surface area contributed by atoms with Gasteiger partial charge in [-0.05, 0) is 49.0 Å². The molecule has 6 heteroatoms. The van der Waals surface area contributed by atoms with Crippen LogP contribution >= 0.6 is 0 Å². The number of hydrogen-bond donors (Lipinski definition) is 1. The number of aromatic nitrogens is 2. The van der Waals surface area contributed by atoms with Gasteiger partial charge in [-0.2, -0.15) is 0 Å². The highest BCUT2D eigenvalue weighted by Crippen LogP contribution is 2.14. The van der Waals surface area contributed by atoms with Crippen LogP contribution in [0.4, 0.5) is 0 Å². The van der Waals surface area contributed by atoms with Crippen LogP contribution in [0.5, 0.6) is 5.88 Å². The molecular weight excluding hydrogens is 390 g/mol. The van der Waals surface area contributed by atoms with E-state index in [0.29, 0.717) is 26.3 Å². The zero-order chi connectivity index (χ0) is 21.5. The van der Waals surface area contributed by atoms with E-state index in [2.05, 4.69) is 29.2 Å². The molecule has 0 aliphatic carbocycles. The van der Waals surface area contributed by atoms with Crippen molar-refractivity contribution in [3.8, 4) is 5.88 Å². The number of hydrogen-bond acceptors (Lipinski definition) is 4. The largest absolute Gasteiger partial charge is 0.493 e. The standard InChI is InChI=1S/C25H31N3O3/c29-24-19-27(25(30)28(24)16-17-31-20-23-6-2-1-3-7-23)15-12-21-8-10-22(11-9-21)18-26-13-4-5-14-26/h1-3,6-11,19,29H,4-5,12-18,20H2. The highest BCUT2D eigenvalue weighted by Gasteiger charge is 2.12. The molecule has 1 N–H and O–H groups in total. The predicted octanol–water partition coefficient (Wildman–Crippen LogP) is 3.41. The van der Waals surface area contributed by atoms with E-state index in [1.54, 1.807) is 4.57 Å². The fourth-order valence-electron chi connectivity index (χ4n) is 4.07. The van der Waals surface area contributed by atoms with Gasteiger partial charge < -0.3 is 9.84 Å². The molecule has 0 bridgehead atoms. The molecule has 0 amide bonds. The lowest BCUT2D eigenvalue weighted by Crippen LogP contribution is -2.26. The van der Waals surface area contributed by atoms with Gasteiger partial charge in [-0.3, -0.25) is 14.0 Å². The number of nitrogens with zero attached hydrogens (tertiary/aromatic N) is 3. The summed E-state index contributed by atoms with van der Waals surface area (Å²) < 4.78 is 8.59. The maximum Gasteiger partial charge on any atom is 0.331 e. The van der Waals surface area contributed by atoms with Crippen LogP contribution in [-0.2, 0) is 37.4 Å². The van der Waals surface area contributed by atoms with Crippen molar-refractivity contribution in [3.63, 3.8) is 0 Å². The first kappa shape index (κ1) is 21.4. The van der Waals surface area contributed by atoms with Crippen molar-refractivity contribution in [2.75, 3.05) is 19.7 Å². The number of benzene rings is 2. The molecule has 0 atom stereocenters. The Kier molecular flexibility index (Phi) is 7.22. The topological polar surface area (TPSA) is 59.6 Å². The normalized spacial score (nSPS) is 14.3. The highest BCUT2D eigenvalue weighted by molar-refractivity contribution is 5.23. The van der Waals surface area contributed by atoms with Gasteiger partial charge in [-0.15, -0.1) is 0 Å². The molecule has 0 radical (unpaired) electrons. The Hall–Kier alpha value is -2.83. The summed E-state index contributed by atoms with van der Waals surface area (Å²) in [4.78, 5) is 15.1. The van der Waals surface area contributed by atoms with Crippen molar-refractivity contribution in [3.05, 3.63) is 88.0 Å². The van der Waals surface area contributed by atoms with E-state index in [0.717, 1.165) is 18.5 Å². The minimum atomic E-state index is -0.202. The molecule has 2 aromatic carbocycles. The molecule has 1 saturated heterocycles. The van der Waals surface area contributed by atoms with E-state index in [1.165, 1.54) is 47.8 Å². The van der Waals surface area contributed by atoms with Crippen LogP contribution in [0.15, 0.2) is 65.6 Å². The summed E-state index contributed by atoms with van der Waals surface area (Å²) in [5.74, 6) is -0.0192. The molecular formula is C25H31N3O3. The first-order valence-corrected chi connectivity index (χ1v) is 11.1. The molecule has 3 aromatic rings. The maximum atomic E-state index is 12.6. The quantitative estimate of drug-likeness (QED) is 0.510. The smallest absolute Gasteiger partial charge is 0.331 e. The summed E-state index contributed by atoms with van der Waals surface area (Å²) in [5, 5.41) is 10.2. The van der Waals surface area contributed by atoms with Crippen molar-refractivity contribution in [2.45, 2.75) is 45.5 Å². The van der Waals surface area contributed by atoms with Gasteiger partial charge in [0.2, 0.25) is 5.88 Å². The van der Waals surface area contributed by atoms with Gasteiger partial charge in [0.1, 0.15) is 0 Å². The monoisotopic (exact) mass is 421 g/mol. The lowest BCUT2D eigenvalue weighted by molar-refractivity contribution is 0.111. The first-order chi connectivity index (χ1) is 15.2. The Labute approximate surface area is 183 Å². The number of imidazole rings is 1. The van der Waals surface area contributed by atoms with E-state index in [-0.39, 0.29) is 11.6 Å². The molecule has 164 valence electrons. The second-order valence-corrected chi connectivity index (χ2v) is 8.20. The number of likely N-dealkylation sites (tertiary alicyclic amines) is 1. The number of aromatic hydroxyl groups is 1. The van der Waals surface area contributed by atoms with Crippen LogP contribution in [0.25, 0.3) is 0 Å². The number of rotatable bonds is 10. The SMILES string of the molecule is O=c1n(CCc2ccc(CN3CCCC3)cc2)cc(O)n1CCOCc1ccccc1. The molecule has 0 saturated carbocycles. The van der Waals surface area contributed by atoms with Gasteiger partial charge in [0, 0.05) is 13.1 Å². The van der Waals surface area contributed by atoms with Crippen LogP contribution in [-0.4, -0.2) is 38.8 Å². The molecule has 1 aliphatic rings. The highest BCUT2D eigenvalue weighted by atomic mass is 16.5. The van der Waals surface area contributed by atoms with Crippen LogP contribution in [0.1, 0.15) is 29.5 Å². The minimum Gasteiger partial charge on any atom is -0.493 e. The maximum absolute atomic E-state index is 12.6. The zero-order valence-electron chi connectivity index (χ0n) is 17.9. The first-order valence-electron chi connectivity index (χ1n) is 11.1. The van der Waals surface area contributed by atoms with Crippen molar-refractivity contribution in [1.29, 1.82) is 0 Å². The lowest BCUT2D eigenvalue weighted by atomic mass is 10.1. The van der Waals surface area contributed by atoms with Gasteiger partial charge in [0.25, 0.3) is 0 Å². The zero-order valence-corrected chi connectivity index (χ0v) is 17.9. The fourth-order valence-corrected chi connectivity index (χ4v) is 4.07. The third kappa shape index (κ3) is 5.87. The van der Waals surface area contributed by atoms with Crippen molar-refractivity contribution in [1.82, 2.24) is 14.0 Å². The van der Waals surface area contributed by atoms with E-state index in [9.17, 15) is 9.90 Å². The van der Waals surface area contributed by atoms with Gasteiger partial charge in [0.15, 0.2) is 0 Å². The Bertz CT molecular complexity index is 1000. The minimum absolute atomic E-state index is 0.0192. The van der Waals surface area contributed by atoms with Crippen LogP contribution < -0.4 is 5.69 Å². The number of ether oxygens (including phenoxy) is 1. The van der Waals surface area contributed by atoms with E-state index < -0.39 is 0 Å². The average Bonchev–Trinajstić information content (AvgIpc) is 3.40. The third-order valence-corrected chi connectivity index (χ3v) is 5.86. The van der Waals surface area contributed by atoms with Crippen LogP contribution in [0, 0.1) is 0 Å². The Morgan fingerprint density at radius 2 is 1.58 bits per heavy atom. The van der Waals surface area contributed by atoms with E-state index in [1.807, 2.05) is 30.3 Å². The summed E-state index contributed by atoms with van der Waals surface area (Å²) in [6, 6.07) is 18.6. The molecule has 0 spiro atoms. The van der Waals surface area contributed by atoms with E-state index in [4.69, 9.17) is 4.74 Å². The molecule has 1 aromatic heterocycles. The number of aryl methyl sites for hydroxylation is 2. The van der Waals surface area contributed by atoms with Gasteiger partial charge >= 0.3 is 5.69 Å². The molecule has 1 aliphatic heterocycles. The summed E-state index contributed by atoms with van der Waals surface area (Å²) in [7, 11) is 0. The van der Waals surface area contributed by atoms with E-state index >= 15 is 0 Å². The fraction of sp³-hybridized carbons (Fsp3) is 0.400. The van der Waals surface area contributed by atoms with Gasteiger partial charge in [0.05, 0.1) is 26.0 Å². The second-order valence-electron chi connectivity index (χ2n) is 8.20. The van der Waals surface area contributed by atoms with Gasteiger partial charge in [-0.1, -0.05) is 54.6 Å². The molecule has 2 heterocycles. The van der Waals surface area contributed by atoms with Gasteiger partial charge in [-0.25, -0.2) is 4.79 Å². The lowest BCUT2D eigenvalue weighted by Gasteiger charge is -2.14. The molecule has 31 heavy (non-hydrogen) atoms. The Morgan fingerprint density at radius 1 is 0.871 bits per heavy atom. The Balaban J connectivity index is 1.26. The average molecular weight is 422 g/mol. The molecule has 1 fully saturated rings. The van der Waals surface area contributed by atoms with Crippen molar-refractivity contribution >= 4 is 0 Å². The predicted molar refractivity (Wildman–Crippen MR) is 121 cm³/mol. The Morgan fingerprint density at radius 3 is 2.32 bits per heavy atom. The second kappa shape index (κ2) is 10.5. The molecule has 6 nitrogen and oxygen atoms in total. The summed E-state index contributed by atoms with van der Waals surface area (Å²) >= 11 is 0. The molecule has 0 unspecified atom stereocenters. The van der Waals surface area contributed by atoms with Crippen LogP contribution in [0.3, 0.4) is 0 Å². The summed E-state index contributed by atoms with van der Waals surface area (Å²) in [5.41, 5.74) is 3.41. The third-order valence-electron chi connectivity index (χ3n) is 5.86. The summed E-state index contributed by atoms with van der Waals surface area (Å²) in [6.45, 7) is 5.13. The summed E-state index contributed by atoms with van der Waals surface area (Å²) in [6.07, 6.45) is 4.87.